The first-order chi connectivity index (χ1) is 14.0. The van der Waals surface area contributed by atoms with Crippen LogP contribution in [0, 0.1) is 0 Å². The van der Waals surface area contributed by atoms with Crippen LogP contribution in [0.15, 0.2) is 48.5 Å². The summed E-state index contributed by atoms with van der Waals surface area (Å²) in [5.41, 5.74) is 8.42. The molecule has 2 N–H and O–H groups in total. The molecule has 29 heavy (non-hydrogen) atoms. The van der Waals surface area contributed by atoms with Crippen LogP contribution in [0.5, 0.6) is 0 Å². The van der Waals surface area contributed by atoms with E-state index in [1.165, 1.54) is 0 Å². The third-order valence-corrected chi connectivity index (χ3v) is 5.63. The molecule has 3 aromatic rings. The zero-order valence-electron chi connectivity index (χ0n) is 16.8. The first kappa shape index (κ1) is 19.2. The maximum atomic E-state index is 13.0. The number of piperidine rings is 1. The number of primary amides is 1. The Bertz CT molecular complexity index is 1050. The minimum Gasteiger partial charge on any atom is -0.366 e. The van der Waals surface area contributed by atoms with E-state index in [0.29, 0.717) is 23.7 Å². The lowest BCUT2D eigenvalue weighted by atomic mass is 9.96. The highest BCUT2D eigenvalue weighted by atomic mass is 16.2. The van der Waals surface area contributed by atoms with Crippen LogP contribution in [0.25, 0.3) is 11.0 Å². The van der Waals surface area contributed by atoms with Gasteiger partial charge in [0.1, 0.15) is 5.82 Å². The van der Waals surface area contributed by atoms with Crippen LogP contribution in [0.2, 0.25) is 0 Å². The quantitative estimate of drug-likeness (QED) is 0.737. The second-order valence-electron chi connectivity index (χ2n) is 7.95. The van der Waals surface area contributed by atoms with Crippen molar-refractivity contribution < 1.29 is 9.59 Å². The zero-order valence-corrected chi connectivity index (χ0v) is 16.8. The number of nitrogens with two attached hydrogens (primary N) is 1. The van der Waals surface area contributed by atoms with Crippen molar-refractivity contribution in [2.45, 2.75) is 38.6 Å². The van der Waals surface area contributed by atoms with Gasteiger partial charge in [0.15, 0.2) is 0 Å². The molecular formula is C23H26N4O2. The minimum atomic E-state index is -0.491. The summed E-state index contributed by atoms with van der Waals surface area (Å²) in [6, 6.07) is 15.1. The highest BCUT2D eigenvalue weighted by Gasteiger charge is 2.29. The summed E-state index contributed by atoms with van der Waals surface area (Å²) in [5.74, 6) is 0.753. The second-order valence-corrected chi connectivity index (χ2v) is 7.95. The largest absolute Gasteiger partial charge is 0.366 e. The molecule has 0 bridgehead atoms. The number of amides is 2. The van der Waals surface area contributed by atoms with Crippen molar-refractivity contribution in [3.05, 3.63) is 65.5 Å². The number of hydrogen-bond acceptors (Lipinski definition) is 3. The molecule has 1 fully saturated rings. The normalized spacial score (nSPS) is 17.1. The number of aromatic nitrogens is 2. The number of imidazole rings is 1. The zero-order chi connectivity index (χ0) is 20.5. The number of hydrogen-bond donors (Lipinski definition) is 1. The molecule has 1 saturated heterocycles. The number of likely N-dealkylation sites (tertiary alicyclic amines) is 1. The van der Waals surface area contributed by atoms with Gasteiger partial charge in [0.05, 0.1) is 11.0 Å². The molecule has 6 heteroatoms. The van der Waals surface area contributed by atoms with E-state index in [9.17, 15) is 9.59 Å². The molecule has 1 aromatic heterocycles. The molecule has 4 rings (SSSR count). The van der Waals surface area contributed by atoms with E-state index in [1.54, 1.807) is 24.3 Å². The van der Waals surface area contributed by atoms with E-state index < -0.39 is 5.91 Å². The fraction of sp³-hybridized carbons (Fsp3) is 0.348. The van der Waals surface area contributed by atoms with Crippen LogP contribution in [0.1, 0.15) is 65.2 Å². The topological polar surface area (TPSA) is 81.2 Å². The van der Waals surface area contributed by atoms with E-state index >= 15 is 0 Å². The Hall–Kier alpha value is -3.15. The van der Waals surface area contributed by atoms with Crippen molar-refractivity contribution >= 4 is 22.8 Å². The maximum Gasteiger partial charge on any atom is 0.253 e. The number of benzene rings is 2. The van der Waals surface area contributed by atoms with Crippen molar-refractivity contribution in [2.75, 3.05) is 13.1 Å². The van der Waals surface area contributed by atoms with Crippen LogP contribution >= 0.6 is 0 Å². The number of carbonyl (C=O) groups is 2. The Morgan fingerprint density at radius 1 is 1.07 bits per heavy atom. The summed E-state index contributed by atoms with van der Waals surface area (Å²) in [7, 11) is 0. The van der Waals surface area contributed by atoms with Gasteiger partial charge in [-0.3, -0.25) is 9.59 Å². The van der Waals surface area contributed by atoms with E-state index in [0.717, 1.165) is 36.2 Å². The van der Waals surface area contributed by atoms with Gasteiger partial charge in [-0.15, -0.1) is 0 Å². The lowest BCUT2D eigenvalue weighted by Gasteiger charge is -2.33. The Kier molecular flexibility index (Phi) is 5.09. The lowest BCUT2D eigenvalue weighted by molar-refractivity contribution is 0.0703. The second kappa shape index (κ2) is 7.70. The van der Waals surface area contributed by atoms with Gasteiger partial charge in [-0.2, -0.15) is 0 Å². The van der Waals surface area contributed by atoms with Crippen LogP contribution in [-0.4, -0.2) is 39.4 Å². The van der Waals surface area contributed by atoms with Gasteiger partial charge in [0.25, 0.3) is 5.91 Å². The molecule has 0 saturated carbocycles. The molecule has 0 aliphatic carbocycles. The summed E-state index contributed by atoms with van der Waals surface area (Å²) in [6.45, 7) is 5.72. The molecule has 1 atom stereocenters. The van der Waals surface area contributed by atoms with Crippen LogP contribution in [0.3, 0.4) is 0 Å². The summed E-state index contributed by atoms with van der Waals surface area (Å²) < 4.78 is 2.30. The average molecular weight is 390 g/mol. The molecule has 1 aliphatic rings. The Morgan fingerprint density at radius 3 is 2.45 bits per heavy atom. The minimum absolute atomic E-state index is 0.0158. The molecule has 2 aromatic carbocycles. The fourth-order valence-electron chi connectivity index (χ4n) is 4.23. The Morgan fingerprint density at radius 2 is 1.76 bits per heavy atom. The summed E-state index contributed by atoms with van der Waals surface area (Å²) in [4.78, 5) is 31.1. The van der Waals surface area contributed by atoms with E-state index in [4.69, 9.17) is 10.7 Å². The highest BCUT2D eigenvalue weighted by molar-refractivity contribution is 5.97. The van der Waals surface area contributed by atoms with Crippen molar-refractivity contribution in [3.63, 3.8) is 0 Å². The summed E-state index contributed by atoms with van der Waals surface area (Å²) in [5, 5.41) is 0. The van der Waals surface area contributed by atoms with Crippen LogP contribution < -0.4 is 5.73 Å². The smallest absolute Gasteiger partial charge is 0.253 e. The molecule has 2 heterocycles. The molecule has 2 amide bonds. The van der Waals surface area contributed by atoms with Gasteiger partial charge in [0, 0.05) is 36.2 Å². The molecule has 1 aliphatic heterocycles. The summed E-state index contributed by atoms with van der Waals surface area (Å²) in [6.07, 6.45) is 1.96. The summed E-state index contributed by atoms with van der Waals surface area (Å²) >= 11 is 0. The number of nitrogens with zero attached hydrogens (tertiary/aromatic N) is 3. The van der Waals surface area contributed by atoms with Gasteiger partial charge in [0.2, 0.25) is 5.91 Å². The maximum absolute atomic E-state index is 13.0. The van der Waals surface area contributed by atoms with Crippen molar-refractivity contribution in [1.82, 2.24) is 14.5 Å². The van der Waals surface area contributed by atoms with E-state index in [1.807, 2.05) is 23.1 Å². The van der Waals surface area contributed by atoms with Crippen LogP contribution in [0.4, 0.5) is 0 Å². The average Bonchev–Trinajstić information content (AvgIpc) is 3.13. The van der Waals surface area contributed by atoms with Crippen LogP contribution in [-0.2, 0) is 0 Å². The third kappa shape index (κ3) is 3.62. The standard InChI is InChI=1S/C23H26N4O2/c1-15(2)27-20-8-4-3-7-19(20)25-22(27)18-6-5-13-26(14-18)23(29)17-11-9-16(10-12-17)21(24)28/h3-4,7-12,15,18H,5-6,13-14H2,1-2H3,(H2,24,28). The van der Waals surface area contributed by atoms with E-state index in [-0.39, 0.29) is 11.8 Å². The van der Waals surface area contributed by atoms with Gasteiger partial charge >= 0.3 is 0 Å². The number of fused-ring (bicyclic) bond motifs is 1. The van der Waals surface area contributed by atoms with Crippen molar-refractivity contribution in [3.8, 4) is 0 Å². The van der Waals surface area contributed by atoms with Gasteiger partial charge in [-0.25, -0.2) is 4.98 Å². The molecule has 6 nitrogen and oxygen atoms in total. The lowest BCUT2D eigenvalue weighted by Crippen LogP contribution is -2.39. The predicted octanol–water partition coefficient (Wildman–Crippen LogP) is 3.74. The highest BCUT2D eigenvalue weighted by Crippen LogP contribution is 2.32. The number of rotatable bonds is 4. The Labute approximate surface area is 170 Å². The van der Waals surface area contributed by atoms with Gasteiger partial charge in [-0.05, 0) is 63.1 Å². The fourth-order valence-corrected chi connectivity index (χ4v) is 4.23. The van der Waals surface area contributed by atoms with Crippen molar-refractivity contribution in [2.24, 2.45) is 5.73 Å². The number of carbonyl (C=O) groups excluding carboxylic acids is 2. The first-order valence-corrected chi connectivity index (χ1v) is 10.1. The third-order valence-electron chi connectivity index (χ3n) is 5.63. The van der Waals surface area contributed by atoms with E-state index in [2.05, 4.69) is 24.5 Å². The molecular weight excluding hydrogens is 364 g/mol. The van der Waals surface area contributed by atoms with Gasteiger partial charge < -0.3 is 15.2 Å². The predicted molar refractivity (Wildman–Crippen MR) is 113 cm³/mol. The molecule has 150 valence electrons. The first-order valence-electron chi connectivity index (χ1n) is 10.1. The van der Waals surface area contributed by atoms with Crippen molar-refractivity contribution in [1.29, 1.82) is 0 Å². The molecule has 0 spiro atoms. The van der Waals surface area contributed by atoms with Gasteiger partial charge in [-0.1, -0.05) is 12.1 Å². The monoisotopic (exact) mass is 390 g/mol. The number of para-hydroxylation sites is 2. The molecule has 1 unspecified atom stereocenters. The molecule has 0 radical (unpaired) electrons. The SMILES string of the molecule is CC(C)n1c(C2CCCN(C(=O)c3ccc(C(N)=O)cc3)C2)nc2ccccc21. The Balaban J connectivity index is 1.60.